The number of methoxy groups -OCH3 is 1. The van der Waals surface area contributed by atoms with Crippen LogP contribution in [0.2, 0.25) is 0 Å². The molecule has 0 radical (unpaired) electrons. The van der Waals surface area contributed by atoms with E-state index in [1.165, 1.54) is 11.1 Å². The molecule has 4 rings (SSSR count). The molecule has 26 heavy (non-hydrogen) atoms. The van der Waals surface area contributed by atoms with Gasteiger partial charge in [-0.25, -0.2) is 4.99 Å². The summed E-state index contributed by atoms with van der Waals surface area (Å²) in [6, 6.07) is 6.94. The SMILES string of the molecule is CO[C@H]1CC[C@]2(CC1)Cc1ccc(C#CC(C)C)cc1C21COC(N)=N1. The number of ether oxygens (including phenoxy) is 2. The lowest BCUT2D eigenvalue weighted by Gasteiger charge is -2.45. The largest absolute Gasteiger partial charge is 0.462 e. The predicted molar refractivity (Wildman–Crippen MR) is 103 cm³/mol. The zero-order valence-corrected chi connectivity index (χ0v) is 16.0. The van der Waals surface area contributed by atoms with Gasteiger partial charge in [-0.15, -0.1) is 0 Å². The molecule has 1 fully saturated rings. The van der Waals surface area contributed by atoms with Crippen LogP contribution in [0.15, 0.2) is 23.2 Å². The minimum Gasteiger partial charge on any atom is -0.462 e. The maximum atomic E-state index is 6.00. The van der Waals surface area contributed by atoms with Gasteiger partial charge in [-0.3, -0.25) is 0 Å². The Morgan fingerprint density at radius 3 is 2.69 bits per heavy atom. The summed E-state index contributed by atoms with van der Waals surface area (Å²) in [5.41, 5.74) is 9.42. The molecule has 1 aromatic rings. The number of hydrogen-bond donors (Lipinski definition) is 1. The van der Waals surface area contributed by atoms with Crippen molar-refractivity contribution in [3.63, 3.8) is 0 Å². The number of fused-ring (bicyclic) bond motifs is 3. The maximum absolute atomic E-state index is 6.00. The highest BCUT2D eigenvalue weighted by Crippen LogP contribution is 2.61. The number of nitrogens with two attached hydrogens (primary N) is 1. The van der Waals surface area contributed by atoms with Crippen molar-refractivity contribution in [2.75, 3.05) is 13.7 Å². The van der Waals surface area contributed by atoms with Crippen LogP contribution in [0.1, 0.15) is 56.2 Å². The number of aliphatic imine (C=N–C) groups is 1. The number of benzene rings is 1. The smallest absolute Gasteiger partial charge is 0.283 e. The summed E-state index contributed by atoms with van der Waals surface area (Å²) < 4.78 is 11.3. The molecular formula is C22H28N2O2. The van der Waals surface area contributed by atoms with Crippen molar-refractivity contribution >= 4 is 6.02 Å². The van der Waals surface area contributed by atoms with Crippen molar-refractivity contribution in [1.29, 1.82) is 0 Å². The minimum atomic E-state index is -0.360. The molecule has 2 spiro atoms. The number of nitrogens with zero attached hydrogens (tertiary/aromatic N) is 1. The molecule has 0 bridgehead atoms. The van der Waals surface area contributed by atoms with Crippen molar-refractivity contribution in [3.05, 3.63) is 34.9 Å². The van der Waals surface area contributed by atoms with Crippen LogP contribution in [0.3, 0.4) is 0 Å². The van der Waals surface area contributed by atoms with E-state index in [2.05, 4.69) is 43.9 Å². The predicted octanol–water partition coefficient (Wildman–Crippen LogP) is 3.37. The van der Waals surface area contributed by atoms with Gasteiger partial charge in [0.2, 0.25) is 0 Å². The second-order valence-electron chi connectivity index (χ2n) is 8.29. The van der Waals surface area contributed by atoms with Gasteiger partial charge in [-0.05, 0) is 55.4 Å². The van der Waals surface area contributed by atoms with Crippen LogP contribution in [0.25, 0.3) is 0 Å². The van der Waals surface area contributed by atoms with E-state index in [0.29, 0.717) is 24.7 Å². The molecule has 1 aliphatic heterocycles. The van der Waals surface area contributed by atoms with E-state index in [9.17, 15) is 0 Å². The van der Waals surface area contributed by atoms with E-state index < -0.39 is 0 Å². The van der Waals surface area contributed by atoms with Gasteiger partial charge in [0, 0.05) is 24.0 Å². The van der Waals surface area contributed by atoms with Gasteiger partial charge >= 0.3 is 0 Å². The average Bonchev–Trinajstić information content (AvgIpc) is 3.14. The molecule has 0 aromatic heterocycles. The number of hydrogen-bond acceptors (Lipinski definition) is 4. The van der Waals surface area contributed by atoms with E-state index >= 15 is 0 Å². The van der Waals surface area contributed by atoms with E-state index in [-0.39, 0.29) is 11.0 Å². The second-order valence-corrected chi connectivity index (χ2v) is 8.29. The minimum absolute atomic E-state index is 0.0790. The molecule has 1 atom stereocenters. The first kappa shape index (κ1) is 17.4. The Kier molecular flexibility index (Phi) is 4.23. The quantitative estimate of drug-likeness (QED) is 0.789. The number of amidine groups is 1. The molecule has 1 unspecified atom stereocenters. The normalized spacial score (nSPS) is 32.3. The Hall–Kier alpha value is -1.99. The van der Waals surface area contributed by atoms with E-state index in [4.69, 9.17) is 20.2 Å². The third-order valence-corrected chi connectivity index (χ3v) is 6.42. The van der Waals surface area contributed by atoms with Crippen LogP contribution in [-0.2, 0) is 21.4 Å². The Morgan fingerprint density at radius 2 is 2.08 bits per heavy atom. The van der Waals surface area contributed by atoms with Gasteiger partial charge in [0.05, 0.1) is 6.10 Å². The van der Waals surface area contributed by atoms with E-state index in [0.717, 1.165) is 37.7 Å². The van der Waals surface area contributed by atoms with Gasteiger partial charge in [-0.2, -0.15) is 0 Å². The zero-order valence-electron chi connectivity index (χ0n) is 16.0. The van der Waals surface area contributed by atoms with Crippen molar-refractivity contribution < 1.29 is 9.47 Å². The molecule has 0 saturated heterocycles. The summed E-state index contributed by atoms with van der Waals surface area (Å²) in [4.78, 5) is 4.91. The molecule has 0 amide bonds. The van der Waals surface area contributed by atoms with Gasteiger partial charge in [-0.1, -0.05) is 31.8 Å². The molecule has 2 N–H and O–H groups in total. The highest BCUT2D eigenvalue weighted by atomic mass is 16.5. The second kappa shape index (κ2) is 6.32. The van der Waals surface area contributed by atoms with Crippen LogP contribution >= 0.6 is 0 Å². The van der Waals surface area contributed by atoms with Crippen LogP contribution in [0.4, 0.5) is 0 Å². The highest BCUT2D eigenvalue weighted by molar-refractivity contribution is 5.75. The van der Waals surface area contributed by atoms with Gasteiger partial charge in [0.15, 0.2) is 0 Å². The lowest BCUT2D eigenvalue weighted by molar-refractivity contribution is -0.00984. The van der Waals surface area contributed by atoms with Crippen LogP contribution < -0.4 is 5.73 Å². The first-order valence-corrected chi connectivity index (χ1v) is 9.64. The monoisotopic (exact) mass is 352 g/mol. The average molecular weight is 352 g/mol. The maximum Gasteiger partial charge on any atom is 0.283 e. The standard InChI is InChI=1S/C22H28N2O2/c1-15(2)4-5-16-6-7-17-13-21(10-8-18(25-3)9-11-21)22(19(17)12-16)14-26-20(23)24-22/h6-7,12,15,18H,8-11,13-14H2,1-3H3,(H2,23,24)/t18-,21-,22?. The summed E-state index contributed by atoms with van der Waals surface area (Å²) >= 11 is 0. The van der Waals surface area contributed by atoms with Crippen LogP contribution in [-0.4, -0.2) is 25.8 Å². The summed E-state index contributed by atoms with van der Waals surface area (Å²) in [5.74, 6) is 6.93. The molecule has 3 aliphatic rings. The summed E-state index contributed by atoms with van der Waals surface area (Å²) in [6.07, 6.45) is 5.72. The van der Waals surface area contributed by atoms with Crippen LogP contribution in [0, 0.1) is 23.2 Å². The zero-order chi connectivity index (χ0) is 18.4. The van der Waals surface area contributed by atoms with Gasteiger partial charge < -0.3 is 15.2 Å². The molecule has 1 saturated carbocycles. The topological polar surface area (TPSA) is 56.8 Å². The van der Waals surface area contributed by atoms with Crippen molar-refractivity contribution in [1.82, 2.24) is 0 Å². The molecule has 138 valence electrons. The van der Waals surface area contributed by atoms with Crippen LogP contribution in [0.5, 0.6) is 0 Å². The molecule has 1 heterocycles. The molecular weight excluding hydrogens is 324 g/mol. The highest BCUT2D eigenvalue weighted by Gasteiger charge is 2.61. The Labute approximate surface area is 156 Å². The fraction of sp³-hybridized carbons (Fsp3) is 0.591. The Balaban J connectivity index is 1.77. The van der Waals surface area contributed by atoms with Gasteiger partial charge in [0.1, 0.15) is 12.1 Å². The van der Waals surface area contributed by atoms with Crippen molar-refractivity contribution in [2.45, 2.75) is 57.6 Å². The molecule has 2 aliphatic carbocycles. The molecule has 4 heteroatoms. The fourth-order valence-corrected chi connectivity index (χ4v) is 5.03. The number of rotatable bonds is 1. The summed E-state index contributed by atoms with van der Waals surface area (Å²) in [5, 5.41) is 0. The summed E-state index contributed by atoms with van der Waals surface area (Å²) in [6.45, 7) is 4.77. The molecule has 4 nitrogen and oxygen atoms in total. The third kappa shape index (κ3) is 2.61. The lowest BCUT2D eigenvalue weighted by Crippen LogP contribution is -2.46. The van der Waals surface area contributed by atoms with Crippen molar-refractivity contribution in [3.8, 4) is 11.8 Å². The third-order valence-electron chi connectivity index (χ3n) is 6.42. The van der Waals surface area contributed by atoms with E-state index in [1.54, 1.807) is 0 Å². The fourth-order valence-electron chi connectivity index (χ4n) is 5.03. The summed E-state index contributed by atoms with van der Waals surface area (Å²) in [7, 11) is 1.82. The Bertz CT molecular complexity index is 794. The first-order valence-electron chi connectivity index (χ1n) is 9.64. The first-order chi connectivity index (χ1) is 12.5. The van der Waals surface area contributed by atoms with E-state index in [1.807, 2.05) is 7.11 Å². The van der Waals surface area contributed by atoms with Gasteiger partial charge in [0.25, 0.3) is 6.02 Å². The Morgan fingerprint density at radius 1 is 1.31 bits per heavy atom. The molecule has 1 aromatic carbocycles. The lowest BCUT2D eigenvalue weighted by atomic mass is 9.62. The van der Waals surface area contributed by atoms with Crippen molar-refractivity contribution in [2.24, 2.45) is 22.1 Å².